The zero-order chi connectivity index (χ0) is 13.3. The molecule has 18 heavy (non-hydrogen) atoms. The van der Waals surface area contributed by atoms with Crippen molar-refractivity contribution < 1.29 is 14.6 Å². The molecule has 1 heterocycles. The van der Waals surface area contributed by atoms with Crippen molar-refractivity contribution in [2.45, 2.75) is 6.92 Å². The topological polar surface area (TPSA) is 75.2 Å². The number of benzene rings is 1. The molecule has 0 radical (unpaired) electrons. The van der Waals surface area contributed by atoms with Gasteiger partial charge in [-0.05, 0) is 34.5 Å². The lowest BCUT2D eigenvalue weighted by atomic mass is 10.1. The number of carboxylic acid groups (broad SMARTS) is 1. The monoisotopic (exact) mass is 310 g/mol. The van der Waals surface area contributed by atoms with Crippen LogP contribution in [-0.4, -0.2) is 28.4 Å². The van der Waals surface area contributed by atoms with Gasteiger partial charge in [-0.1, -0.05) is 12.1 Å². The number of hydrogen-bond acceptors (Lipinski definition) is 3. The number of ether oxygens (including phenoxy) is 1. The number of nitrogens with zero attached hydrogens (tertiary/aromatic N) is 1. The molecule has 0 aliphatic rings. The van der Waals surface area contributed by atoms with Crippen molar-refractivity contribution in [3.8, 4) is 17.0 Å². The second-order valence-corrected chi connectivity index (χ2v) is 4.54. The van der Waals surface area contributed by atoms with Crippen LogP contribution in [0.1, 0.15) is 16.1 Å². The number of carboxylic acids is 1. The number of nitrogens with one attached hydrogen (secondary N) is 1. The first-order chi connectivity index (χ1) is 8.54. The van der Waals surface area contributed by atoms with Crippen molar-refractivity contribution >= 4 is 21.9 Å². The lowest BCUT2D eigenvalue weighted by molar-refractivity contribution is 0.0690. The van der Waals surface area contributed by atoms with Crippen LogP contribution in [0.2, 0.25) is 0 Å². The third-order valence-electron chi connectivity index (χ3n) is 2.58. The Morgan fingerprint density at radius 2 is 2.22 bits per heavy atom. The van der Waals surface area contributed by atoms with E-state index in [-0.39, 0.29) is 5.69 Å². The molecule has 0 aliphatic heterocycles. The predicted molar refractivity (Wildman–Crippen MR) is 70.0 cm³/mol. The molecule has 0 fully saturated rings. The summed E-state index contributed by atoms with van der Waals surface area (Å²) in [4.78, 5) is 10.8. The van der Waals surface area contributed by atoms with Gasteiger partial charge in [-0.3, -0.25) is 5.10 Å². The summed E-state index contributed by atoms with van der Waals surface area (Å²) in [6, 6.07) is 5.25. The Hall–Kier alpha value is -1.82. The maximum atomic E-state index is 10.8. The summed E-state index contributed by atoms with van der Waals surface area (Å²) in [6.07, 6.45) is 0. The average molecular weight is 311 g/mol. The molecule has 1 aromatic carbocycles. The molecule has 0 saturated carbocycles. The van der Waals surface area contributed by atoms with Crippen LogP contribution in [0, 0.1) is 6.92 Å². The van der Waals surface area contributed by atoms with E-state index in [9.17, 15) is 4.79 Å². The van der Waals surface area contributed by atoms with Gasteiger partial charge in [-0.25, -0.2) is 4.79 Å². The molecule has 0 spiro atoms. The minimum absolute atomic E-state index is 0.0523. The van der Waals surface area contributed by atoms with Crippen molar-refractivity contribution in [3.63, 3.8) is 0 Å². The van der Waals surface area contributed by atoms with E-state index in [1.54, 1.807) is 7.11 Å². The van der Waals surface area contributed by atoms with E-state index in [0.29, 0.717) is 11.4 Å². The molecule has 0 aliphatic carbocycles. The number of hydrogen-bond donors (Lipinski definition) is 2. The van der Waals surface area contributed by atoms with Crippen LogP contribution in [0.4, 0.5) is 0 Å². The standard InChI is InChI=1S/C12H11BrN2O3/c1-6-3-4-7(10(13)11(6)18-2)8-5-9(12(16)17)15-14-8/h3-5H,1-2H3,(H,14,15)(H,16,17). The van der Waals surface area contributed by atoms with Gasteiger partial charge in [-0.2, -0.15) is 5.10 Å². The Kier molecular flexibility index (Phi) is 3.38. The number of carbonyl (C=O) groups is 1. The van der Waals surface area contributed by atoms with Crippen LogP contribution in [-0.2, 0) is 0 Å². The first-order valence-electron chi connectivity index (χ1n) is 5.16. The van der Waals surface area contributed by atoms with Gasteiger partial charge in [0.1, 0.15) is 11.4 Å². The van der Waals surface area contributed by atoms with Gasteiger partial charge >= 0.3 is 5.97 Å². The van der Waals surface area contributed by atoms with Crippen molar-refractivity contribution in [3.05, 3.63) is 33.9 Å². The molecule has 0 bridgehead atoms. The zero-order valence-electron chi connectivity index (χ0n) is 9.82. The first-order valence-corrected chi connectivity index (χ1v) is 5.96. The van der Waals surface area contributed by atoms with E-state index < -0.39 is 5.97 Å². The summed E-state index contributed by atoms with van der Waals surface area (Å²) >= 11 is 3.45. The molecule has 1 aromatic heterocycles. The van der Waals surface area contributed by atoms with E-state index in [1.807, 2.05) is 19.1 Å². The second-order valence-electron chi connectivity index (χ2n) is 3.75. The molecule has 2 N–H and O–H groups in total. The Balaban J connectivity index is 2.53. The van der Waals surface area contributed by atoms with Crippen LogP contribution in [0.25, 0.3) is 11.3 Å². The molecule has 0 amide bonds. The third-order valence-corrected chi connectivity index (χ3v) is 3.37. The van der Waals surface area contributed by atoms with Gasteiger partial charge in [0.2, 0.25) is 0 Å². The summed E-state index contributed by atoms with van der Waals surface area (Å²) in [5.74, 6) is -0.323. The van der Waals surface area contributed by atoms with E-state index in [4.69, 9.17) is 9.84 Å². The van der Waals surface area contributed by atoms with E-state index in [1.165, 1.54) is 6.07 Å². The Morgan fingerprint density at radius 3 is 2.78 bits per heavy atom. The molecule has 5 nitrogen and oxygen atoms in total. The SMILES string of the molecule is COc1c(C)ccc(-c2cc(C(=O)O)[nH]n2)c1Br. The van der Waals surface area contributed by atoms with Gasteiger partial charge in [0.05, 0.1) is 17.3 Å². The van der Waals surface area contributed by atoms with Crippen molar-refractivity contribution in [1.82, 2.24) is 10.2 Å². The molecule has 6 heteroatoms. The zero-order valence-corrected chi connectivity index (χ0v) is 11.4. The molecule has 0 atom stereocenters. The summed E-state index contributed by atoms with van der Waals surface area (Å²) in [6.45, 7) is 1.93. The highest BCUT2D eigenvalue weighted by molar-refractivity contribution is 9.10. The van der Waals surface area contributed by atoms with Crippen LogP contribution in [0.15, 0.2) is 22.7 Å². The third kappa shape index (κ3) is 2.11. The number of H-pyrrole nitrogens is 1. The Morgan fingerprint density at radius 1 is 1.50 bits per heavy atom. The summed E-state index contributed by atoms with van der Waals surface area (Å²) in [5.41, 5.74) is 2.37. The van der Waals surface area contributed by atoms with Crippen LogP contribution >= 0.6 is 15.9 Å². The lowest BCUT2D eigenvalue weighted by Gasteiger charge is -2.10. The molecule has 2 rings (SSSR count). The molecular weight excluding hydrogens is 300 g/mol. The number of halogens is 1. The van der Waals surface area contributed by atoms with Crippen LogP contribution in [0.3, 0.4) is 0 Å². The van der Waals surface area contributed by atoms with E-state index >= 15 is 0 Å². The smallest absolute Gasteiger partial charge is 0.353 e. The van der Waals surface area contributed by atoms with Gasteiger partial charge in [0.15, 0.2) is 0 Å². The van der Waals surface area contributed by atoms with E-state index in [0.717, 1.165) is 15.6 Å². The van der Waals surface area contributed by atoms with Crippen molar-refractivity contribution in [1.29, 1.82) is 0 Å². The van der Waals surface area contributed by atoms with Crippen molar-refractivity contribution in [2.75, 3.05) is 7.11 Å². The second kappa shape index (κ2) is 4.81. The van der Waals surface area contributed by atoms with Gasteiger partial charge in [0.25, 0.3) is 0 Å². The molecule has 0 saturated heterocycles. The van der Waals surface area contributed by atoms with Crippen molar-refractivity contribution in [2.24, 2.45) is 0 Å². The fourth-order valence-corrected chi connectivity index (χ4v) is 2.48. The van der Waals surface area contributed by atoms with Gasteiger partial charge < -0.3 is 9.84 Å². The highest BCUT2D eigenvalue weighted by Gasteiger charge is 2.15. The molecule has 0 unspecified atom stereocenters. The first kappa shape index (κ1) is 12.6. The quantitative estimate of drug-likeness (QED) is 0.914. The number of methoxy groups -OCH3 is 1. The maximum absolute atomic E-state index is 10.8. The Bertz CT molecular complexity index is 607. The summed E-state index contributed by atoms with van der Waals surface area (Å²) in [7, 11) is 1.59. The van der Waals surface area contributed by atoms with E-state index in [2.05, 4.69) is 26.1 Å². The Labute approximate surface area is 112 Å². The number of aromatic nitrogens is 2. The summed E-state index contributed by atoms with van der Waals surface area (Å²) < 4.78 is 6.05. The minimum Gasteiger partial charge on any atom is -0.495 e. The van der Waals surface area contributed by atoms with Crippen LogP contribution < -0.4 is 4.74 Å². The van der Waals surface area contributed by atoms with Crippen LogP contribution in [0.5, 0.6) is 5.75 Å². The largest absolute Gasteiger partial charge is 0.495 e. The van der Waals surface area contributed by atoms with Gasteiger partial charge in [-0.15, -0.1) is 0 Å². The molecule has 94 valence electrons. The van der Waals surface area contributed by atoms with Gasteiger partial charge in [0, 0.05) is 5.56 Å². The molecule has 2 aromatic rings. The lowest BCUT2D eigenvalue weighted by Crippen LogP contribution is -1.95. The number of aryl methyl sites for hydroxylation is 1. The summed E-state index contributed by atoms with van der Waals surface area (Å²) in [5, 5.41) is 15.3. The predicted octanol–water partition coefficient (Wildman–Crippen LogP) is 2.85. The molecular formula is C12H11BrN2O3. The average Bonchev–Trinajstić information content (AvgIpc) is 2.79. The normalized spacial score (nSPS) is 10.4. The number of aromatic amines is 1. The maximum Gasteiger partial charge on any atom is 0.353 e. The minimum atomic E-state index is -1.04. The number of rotatable bonds is 3. The highest BCUT2D eigenvalue weighted by Crippen LogP contribution is 2.37. The fraction of sp³-hybridized carbons (Fsp3) is 0.167. The highest BCUT2D eigenvalue weighted by atomic mass is 79.9. The number of aromatic carboxylic acids is 1. The fourth-order valence-electron chi connectivity index (χ4n) is 1.67.